The van der Waals surface area contributed by atoms with Crippen molar-refractivity contribution in [1.82, 2.24) is 5.32 Å². The third-order valence-electron chi connectivity index (χ3n) is 4.90. The monoisotopic (exact) mass is 550 g/mol. The fourth-order valence-electron chi connectivity index (χ4n) is 3.21. The van der Waals surface area contributed by atoms with Crippen LogP contribution in [0.1, 0.15) is 11.1 Å². The molecule has 1 aliphatic heterocycles. The molecule has 35 heavy (non-hydrogen) atoms. The molecule has 0 saturated carbocycles. The molecule has 174 valence electrons. The van der Waals surface area contributed by atoms with Crippen LogP contribution in [-0.2, 0) is 14.4 Å². The van der Waals surface area contributed by atoms with Crippen molar-refractivity contribution in [3.05, 3.63) is 105 Å². The molecule has 0 unspecified atom stereocenters. The molecule has 4 rings (SSSR count). The SMILES string of the molecule is O=C(/C=C/c1ccc(Cl)cc1)Oc1ccccc1/C=C1/C(=O)NC(=O)N(c2ccc(Br)cc2)C1=O. The molecule has 1 saturated heterocycles. The van der Waals surface area contributed by atoms with E-state index in [0.29, 0.717) is 16.3 Å². The molecule has 9 heteroatoms. The molecule has 1 aliphatic rings. The number of hydrogen-bond acceptors (Lipinski definition) is 5. The molecular formula is C26H16BrClN2O5. The highest BCUT2D eigenvalue weighted by Crippen LogP contribution is 2.26. The van der Waals surface area contributed by atoms with E-state index in [4.69, 9.17) is 16.3 Å². The Bertz CT molecular complexity index is 1380. The van der Waals surface area contributed by atoms with E-state index >= 15 is 0 Å². The highest BCUT2D eigenvalue weighted by atomic mass is 79.9. The van der Waals surface area contributed by atoms with Crippen molar-refractivity contribution in [3.8, 4) is 5.75 Å². The summed E-state index contributed by atoms with van der Waals surface area (Å²) in [7, 11) is 0. The zero-order valence-electron chi connectivity index (χ0n) is 17.9. The van der Waals surface area contributed by atoms with Gasteiger partial charge in [-0.05, 0) is 60.2 Å². The van der Waals surface area contributed by atoms with Crippen LogP contribution in [0.2, 0.25) is 5.02 Å². The Hall–Kier alpha value is -4.01. The Morgan fingerprint density at radius 2 is 1.63 bits per heavy atom. The maximum Gasteiger partial charge on any atom is 0.336 e. The van der Waals surface area contributed by atoms with Crippen LogP contribution in [0.15, 0.2) is 88.9 Å². The van der Waals surface area contributed by atoms with Crippen LogP contribution < -0.4 is 15.0 Å². The molecular weight excluding hydrogens is 536 g/mol. The van der Waals surface area contributed by atoms with Gasteiger partial charge in [-0.1, -0.05) is 57.9 Å². The van der Waals surface area contributed by atoms with E-state index in [9.17, 15) is 19.2 Å². The Kier molecular flexibility index (Phi) is 7.24. The summed E-state index contributed by atoms with van der Waals surface area (Å²) in [4.78, 5) is 51.2. The first-order valence-corrected chi connectivity index (χ1v) is 11.4. The van der Waals surface area contributed by atoms with Crippen LogP contribution in [-0.4, -0.2) is 23.8 Å². The van der Waals surface area contributed by atoms with E-state index in [1.807, 2.05) is 0 Å². The second-order valence-corrected chi connectivity index (χ2v) is 8.63. The number of benzene rings is 3. The van der Waals surface area contributed by atoms with E-state index in [0.717, 1.165) is 14.9 Å². The van der Waals surface area contributed by atoms with Gasteiger partial charge in [0.2, 0.25) is 0 Å². The van der Waals surface area contributed by atoms with Gasteiger partial charge in [-0.2, -0.15) is 0 Å². The second kappa shape index (κ2) is 10.5. The number of para-hydroxylation sites is 1. The lowest BCUT2D eigenvalue weighted by molar-refractivity contribution is -0.129. The van der Waals surface area contributed by atoms with Gasteiger partial charge in [0, 0.05) is 21.1 Å². The van der Waals surface area contributed by atoms with E-state index in [1.54, 1.807) is 72.8 Å². The summed E-state index contributed by atoms with van der Waals surface area (Å²) in [6, 6.07) is 18.9. The number of anilines is 1. The number of imide groups is 2. The van der Waals surface area contributed by atoms with Gasteiger partial charge in [0.25, 0.3) is 11.8 Å². The van der Waals surface area contributed by atoms with Crippen LogP contribution in [0.5, 0.6) is 5.75 Å². The Morgan fingerprint density at radius 3 is 2.34 bits per heavy atom. The number of rotatable bonds is 5. The van der Waals surface area contributed by atoms with Crippen LogP contribution in [0.25, 0.3) is 12.2 Å². The molecule has 0 bridgehead atoms. The highest BCUT2D eigenvalue weighted by molar-refractivity contribution is 9.10. The van der Waals surface area contributed by atoms with Crippen LogP contribution >= 0.6 is 27.5 Å². The van der Waals surface area contributed by atoms with Gasteiger partial charge in [-0.25, -0.2) is 14.5 Å². The van der Waals surface area contributed by atoms with Crippen LogP contribution in [0.4, 0.5) is 10.5 Å². The molecule has 0 radical (unpaired) electrons. The summed E-state index contributed by atoms with van der Waals surface area (Å²) in [5.41, 5.74) is 1.07. The maximum absolute atomic E-state index is 13.1. The van der Waals surface area contributed by atoms with E-state index in [1.165, 1.54) is 18.2 Å². The number of hydrogen-bond donors (Lipinski definition) is 1. The largest absolute Gasteiger partial charge is 0.423 e. The number of barbiturate groups is 1. The standard InChI is InChI=1S/C26H16BrClN2O5/c27-18-8-12-20(13-9-18)30-25(33)21(24(32)29-26(30)34)15-17-3-1-2-4-22(17)35-23(31)14-7-16-5-10-19(28)11-6-16/h1-15H,(H,29,32,34)/b14-7+,21-15-. The average Bonchev–Trinajstić information content (AvgIpc) is 2.83. The summed E-state index contributed by atoms with van der Waals surface area (Å²) >= 11 is 9.16. The first-order chi connectivity index (χ1) is 16.8. The van der Waals surface area contributed by atoms with Crippen molar-refractivity contribution < 1.29 is 23.9 Å². The summed E-state index contributed by atoms with van der Waals surface area (Å²) in [6.45, 7) is 0. The van der Waals surface area contributed by atoms with E-state index < -0.39 is 23.8 Å². The summed E-state index contributed by atoms with van der Waals surface area (Å²) < 4.78 is 6.19. The van der Waals surface area contributed by atoms with Gasteiger partial charge >= 0.3 is 12.0 Å². The first-order valence-electron chi connectivity index (χ1n) is 10.2. The molecule has 3 aromatic rings. The number of nitrogens with one attached hydrogen (secondary N) is 1. The molecule has 0 atom stereocenters. The van der Waals surface area contributed by atoms with E-state index in [2.05, 4.69) is 21.2 Å². The van der Waals surface area contributed by atoms with Gasteiger partial charge in [0.05, 0.1) is 5.69 Å². The van der Waals surface area contributed by atoms with Crippen molar-refractivity contribution in [2.45, 2.75) is 0 Å². The van der Waals surface area contributed by atoms with Gasteiger partial charge in [-0.15, -0.1) is 0 Å². The van der Waals surface area contributed by atoms with E-state index in [-0.39, 0.29) is 11.3 Å². The number of amides is 4. The number of nitrogens with zero attached hydrogens (tertiary/aromatic N) is 1. The second-order valence-electron chi connectivity index (χ2n) is 7.28. The lowest BCUT2D eigenvalue weighted by atomic mass is 10.1. The fourth-order valence-corrected chi connectivity index (χ4v) is 3.60. The summed E-state index contributed by atoms with van der Waals surface area (Å²) in [5.74, 6) is -2.17. The minimum atomic E-state index is -0.855. The first kappa shape index (κ1) is 24.1. The Morgan fingerprint density at radius 1 is 0.943 bits per heavy atom. The zero-order chi connectivity index (χ0) is 24.9. The van der Waals surface area contributed by atoms with Crippen molar-refractivity contribution in [1.29, 1.82) is 0 Å². The van der Waals surface area contributed by atoms with Gasteiger partial charge in [-0.3, -0.25) is 14.9 Å². The number of carbonyl (C=O) groups excluding carboxylic acids is 4. The minimum Gasteiger partial charge on any atom is -0.423 e. The molecule has 1 N–H and O–H groups in total. The number of urea groups is 1. The van der Waals surface area contributed by atoms with Crippen LogP contribution in [0, 0.1) is 0 Å². The zero-order valence-corrected chi connectivity index (χ0v) is 20.2. The van der Waals surface area contributed by atoms with Gasteiger partial charge < -0.3 is 4.74 Å². The minimum absolute atomic E-state index is 0.137. The lowest BCUT2D eigenvalue weighted by Crippen LogP contribution is -2.54. The molecule has 3 aromatic carbocycles. The van der Waals surface area contributed by atoms with Crippen molar-refractivity contribution in [2.75, 3.05) is 4.90 Å². The number of halogens is 2. The molecule has 1 fully saturated rings. The third kappa shape index (κ3) is 5.74. The lowest BCUT2D eigenvalue weighted by Gasteiger charge is -2.26. The normalized spacial score (nSPS) is 15.0. The molecule has 4 amide bonds. The van der Waals surface area contributed by atoms with Gasteiger partial charge in [0.15, 0.2) is 0 Å². The predicted octanol–water partition coefficient (Wildman–Crippen LogP) is 5.39. The molecule has 0 aromatic heterocycles. The molecule has 0 aliphatic carbocycles. The van der Waals surface area contributed by atoms with Crippen LogP contribution in [0.3, 0.4) is 0 Å². The summed E-state index contributed by atoms with van der Waals surface area (Å²) in [5, 5.41) is 2.74. The highest BCUT2D eigenvalue weighted by Gasteiger charge is 2.37. The maximum atomic E-state index is 13.1. The number of ether oxygens (including phenoxy) is 1. The number of carbonyl (C=O) groups is 4. The quantitative estimate of drug-likeness (QED) is 0.199. The Labute approximate surface area is 213 Å². The van der Waals surface area contributed by atoms with Gasteiger partial charge in [0.1, 0.15) is 11.3 Å². The van der Waals surface area contributed by atoms with Crippen molar-refractivity contribution in [3.63, 3.8) is 0 Å². The topological polar surface area (TPSA) is 92.8 Å². The Balaban J connectivity index is 1.59. The molecule has 1 heterocycles. The molecule has 7 nitrogen and oxygen atoms in total. The smallest absolute Gasteiger partial charge is 0.336 e. The average molecular weight is 552 g/mol. The fraction of sp³-hybridized carbons (Fsp3) is 0. The van der Waals surface area contributed by atoms with Crippen molar-refractivity contribution in [2.24, 2.45) is 0 Å². The molecule has 0 spiro atoms. The summed E-state index contributed by atoms with van der Waals surface area (Å²) in [6.07, 6.45) is 4.10. The predicted molar refractivity (Wildman–Crippen MR) is 136 cm³/mol. The van der Waals surface area contributed by atoms with Crippen molar-refractivity contribution >= 4 is 69.2 Å². The number of esters is 1. The third-order valence-corrected chi connectivity index (χ3v) is 5.68.